The van der Waals surface area contributed by atoms with Crippen LogP contribution in [0.2, 0.25) is 0 Å². The van der Waals surface area contributed by atoms with E-state index in [4.69, 9.17) is 9.47 Å². The summed E-state index contributed by atoms with van der Waals surface area (Å²) in [5.74, 6) is -0.723. The van der Waals surface area contributed by atoms with Crippen molar-refractivity contribution < 1.29 is 19.1 Å². The van der Waals surface area contributed by atoms with Crippen molar-refractivity contribution in [1.82, 2.24) is 0 Å². The Bertz CT molecular complexity index is 438. The fourth-order valence-corrected chi connectivity index (χ4v) is 2.23. The van der Waals surface area contributed by atoms with Crippen molar-refractivity contribution in [3.8, 4) is 0 Å². The maximum Gasteiger partial charge on any atom is 0.331 e. The lowest BCUT2D eigenvalue weighted by Crippen LogP contribution is -2.24. The van der Waals surface area contributed by atoms with E-state index in [-0.39, 0.29) is 11.9 Å². The summed E-state index contributed by atoms with van der Waals surface area (Å²) in [7, 11) is 0. The van der Waals surface area contributed by atoms with Crippen LogP contribution in [0.3, 0.4) is 0 Å². The second kappa shape index (κ2) is 7.12. The summed E-state index contributed by atoms with van der Waals surface area (Å²) >= 11 is 0. The van der Waals surface area contributed by atoms with E-state index in [2.05, 4.69) is 0 Å². The van der Waals surface area contributed by atoms with E-state index < -0.39 is 11.2 Å². The number of hydrogen-bond acceptors (Lipinski definition) is 4. The SMILES string of the molecule is CC(C)(C)OC(=O)/C=C1/CCCC/C1=C\C(=O)OC(C)(C)C. The Hall–Kier alpha value is -1.58. The molecular weight excluding hydrogens is 280 g/mol. The molecule has 0 aromatic heterocycles. The lowest BCUT2D eigenvalue weighted by molar-refractivity contribution is -0.149. The number of carbonyl (C=O) groups excluding carboxylic acids is 2. The van der Waals surface area contributed by atoms with Crippen LogP contribution in [0.15, 0.2) is 23.3 Å². The Morgan fingerprint density at radius 1 is 0.773 bits per heavy atom. The first-order chi connectivity index (χ1) is 9.96. The number of rotatable bonds is 2. The number of esters is 2. The van der Waals surface area contributed by atoms with Crippen LogP contribution in [-0.4, -0.2) is 23.1 Å². The highest BCUT2D eigenvalue weighted by atomic mass is 16.6. The zero-order valence-corrected chi connectivity index (χ0v) is 14.6. The van der Waals surface area contributed by atoms with Gasteiger partial charge in [0.25, 0.3) is 0 Å². The molecule has 1 fully saturated rings. The van der Waals surface area contributed by atoms with Gasteiger partial charge in [0.15, 0.2) is 0 Å². The van der Waals surface area contributed by atoms with E-state index in [1.165, 1.54) is 12.2 Å². The monoisotopic (exact) mass is 308 g/mol. The standard InChI is InChI=1S/C18H28O4/c1-17(2,3)21-15(19)11-13-9-7-8-10-14(13)12-16(20)22-18(4,5)6/h11-12H,7-10H2,1-6H3/b13-11-,14-12+. The minimum atomic E-state index is -0.516. The first kappa shape index (κ1) is 18.5. The van der Waals surface area contributed by atoms with Gasteiger partial charge in [-0.25, -0.2) is 9.59 Å². The summed E-state index contributed by atoms with van der Waals surface area (Å²) in [5.41, 5.74) is 0.730. The van der Waals surface area contributed by atoms with Crippen molar-refractivity contribution in [2.75, 3.05) is 0 Å². The van der Waals surface area contributed by atoms with Gasteiger partial charge < -0.3 is 9.47 Å². The molecule has 0 N–H and O–H groups in total. The third-order valence-corrected chi connectivity index (χ3v) is 2.95. The average molecular weight is 308 g/mol. The first-order valence-corrected chi connectivity index (χ1v) is 7.84. The van der Waals surface area contributed by atoms with E-state index in [0.717, 1.165) is 36.8 Å². The number of carbonyl (C=O) groups is 2. The molecule has 0 unspecified atom stereocenters. The van der Waals surface area contributed by atoms with Gasteiger partial charge in [-0.05, 0) is 78.4 Å². The molecule has 0 saturated heterocycles. The minimum absolute atomic E-state index is 0.362. The second-order valence-electron chi connectivity index (χ2n) is 7.61. The van der Waals surface area contributed by atoms with Gasteiger partial charge in [-0.3, -0.25) is 0 Å². The van der Waals surface area contributed by atoms with Crippen molar-refractivity contribution in [3.05, 3.63) is 23.3 Å². The van der Waals surface area contributed by atoms with E-state index in [1.54, 1.807) is 0 Å². The molecule has 1 aliphatic carbocycles. The average Bonchev–Trinajstić information content (AvgIpc) is 2.26. The molecular formula is C18H28O4. The van der Waals surface area contributed by atoms with Crippen molar-refractivity contribution in [2.24, 2.45) is 0 Å². The Labute approximate surface area is 133 Å². The summed E-state index contributed by atoms with van der Waals surface area (Å²) in [4.78, 5) is 23.9. The summed E-state index contributed by atoms with van der Waals surface area (Å²) in [6, 6.07) is 0. The van der Waals surface area contributed by atoms with E-state index >= 15 is 0 Å². The number of hydrogen-bond donors (Lipinski definition) is 0. The van der Waals surface area contributed by atoms with E-state index in [9.17, 15) is 9.59 Å². The molecule has 0 amide bonds. The highest BCUT2D eigenvalue weighted by Gasteiger charge is 2.20. The second-order valence-corrected chi connectivity index (χ2v) is 7.61. The lowest BCUT2D eigenvalue weighted by Gasteiger charge is -2.22. The molecule has 0 atom stereocenters. The molecule has 0 heterocycles. The predicted octanol–water partition coefficient (Wildman–Crippen LogP) is 4.10. The summed E-state index contributed by atoms with van der Waals surface area (Å²) in [5, 5.41) is 0. The lowest BCUT2D eigenvalue weighted by atomic mass is 9.89. The molecule has 124 valence electrons. The van der Waals surface area contributed by atoms with E-state index in [1.807, 2.05) is 41.5 Å². The highest BCUT2D eigenvalue weighted by molar-refractivity contribution is 5.87. The van der Waals surface area contributed by atoms with Crippen molar-refractivity contribution in [2.45, 2.75) is 78.4 Å². The van der Waals surface area contributed by atoms with Crippen LogP contribution in [0.5, 0.6) is 0 Å². The van der Waals surface area contributed by atoms with Gasteiger partial charge in [0.05, 0.1) is 0 Å². The molecule has 0 aromatic carbocycles. The van der Waals surface area contributed by atoms with Crippen LogP contribution in [0.4, 0.5) is 0 Å². The van der Waals surface area contributed by atoms with Gasteiger partial charge in [-0.1, -0.05) is 0 Å². The topological polar surface area (TPSA) is 52.6 Å². The fourth-order valence-electron chi connectivity index (χ4n) is 2.23. The molecule has 0 spiro atoms. The zero-order chi connectivity index (χ0) is 17.0. The Morgan fingerprint density at radius 3 is 1.36 bits per heavy atom. The third-order valence-electron chi connectivity index (χ3n) is 2.95. The van der Waals surface area contributed by atoms with Crippen LogP contribution in [-0.2, 0) is 19.1 Å². The van der Waals surface area contributed by atoms with Crippen LogP contribution in [0.25, 0.3) is 0 Å². The minimum Gasteiger partial charge on any atom is -0.457 e. The Kier molecular flexibility index (Phi) is 5.98. The molecule has 0 radical (unpaired) electrons. The van der Waals surface area contributed by atoms with Gasteiger partial charge >= 0.3 is 11.9 Å². The number of ether oxygens (including phenoxy) is 2. The van der Waals surface area contributed by atoms with Crippen molar-refractivity contribution in [3.63, 3.8) is 0 Å². The highest BCUT2D eigenvalue weighted by Crippen LogP contribution is 2.29. The van der Waals surface area contributed by atoms with Gasteiger partial charge in [0.1, 0.15) is 11.2 Å². The quantitative estimate of drug-likeness (QED) is 0.569. The summed E-state index contributed by atoms with van der Waals surface area (Å²) in [6.07, 6.45) is 6.63. The predicted molar refractivity (Wildman–Crippen MR) is 86.3 cm³/mol. The molecule has 0 aromatic rings. The molecule has 0 bridgehead atoms. The largest absolute Gasteiger partial charge is 0.457 e. The number of allylic oxidation sites excluding steroid dienone is 2. The molecule has 4 heteroatoms. The molecule has 1 rings (SSSR count). The fraction of sp³-hybridized carbons (Fsp3) is 0.667. The van der Waals surface area contributed by atoms with Crippen LogP contribution < -0.4 is 0 Å². The summed E-state index contributed by atoms with van der Waals surface area (Å²) < 4.78 is 10.6. The van der Waals surface area contributed by atoms with E-state index in [0.29, 0.717) is 0 Å². The molecule has 1 aliphatic rings. The van der Waals surface area contributed by atoms with Crippen LogP contribution >= 0.6 is 0 Å². The van der Waals surface area contributed by atoms with Crippen LogP contribution in [0, 0.1) is 0 Å². The molecule has 22 heavy (non-hydrogen) atoms. The maximum absolute atomic E-state index is 11.9. The summed E-state index contributed by atoms with van der Waals surface area (Å²) in [6.45, 7) is 11.0. The molecule has 0 aliphatic heterocycles. The van der Waals surface area contributed by atoms with Crippen molar-refractivity contribution in [1.29, 1.82) is 0 Å². The Balaban J connectivity index is 2.87. The molecule has 1 saturated carbocycles. The maximum atomic E-state index is 11.9. The normalized spacial score (nSPS) is 20.1. The zero-order valence-electron chi connectivity index (χ0n) is 14.6. The van der Waals surface area contributed by atoms with Gasteiger partial charge in [-0.2, -0.15) is 0 Å². The van der Waals surface area contributed by atoms with Gasteiger partial charge in [0.2, 0.25) is 0 Å². The van der Waals surface area contributed by atoms with Crippen LogP contribution in [0.1, 0.15) is 67.2 Å². The van der Waals surface area contributed by atoms with Crippen molar-refractivity contribution >= 4 is 11.9 Å². The Morgan fingerprint density at radius 2 is 1.09 bits per heavy atom. The first-order valence-electron chi connectivity index (χ1n) is 7.84. The van der Waals surface area contributed by atoms with Gasteiger partial charge in [-0.15, -0.1) is 0 Å². The van der Waals surface area contributed by atoms with Gasteiger partial charge in [0, 0.05) is 12.2 Å². The third kappa shape index (κ3) is 7.43. The smallest absolute Gasteiger partial charge is 0.331 e. The molecule has 4 nitrogen and oxygen atoms in total.